The van der Waals surface area contributed by atoms with Gasteiger partial charge in [-0.3, -0.25) is 4.79 Å². The van der Waals surface area contributed by atoms with Crippen LogP contribution in [0.15, 0.2) is 52.1 Å². The van der Waals surface area contributed by atoms with E-state index in [0.717, 1.165) is 35.0 Å². The summed E-state index contributed by atoms with van der Waals surface area (Å²) >= 11 is 1.07. The molecule has 2 aromatic carbocycles. The Labute approximate surface area is 147 Å². The number of hydrogen-bond acceptors (Lipinski definition) is 5. The molecule has 0 fully saturated rings. The Balaban J connectivity index is 1.75. The SMILES string of the molecule is Cc1ccccc1-c1nnc(S[C@@H](C)C(=O)c2ccc(F)c(F)c2)o1. The van der Waals surface area contributed by atoms with Gasteiger partial charge in [0, 0.05) is 11.1 Å². The van der Waals surface area contributed by atoms with Crippen LogP contribution in [-0.2, 0) is 0 Å². The molecule has 1 heterocycles. The summed E-state index contributed by atoms with van der Waals surface area (Å²) < 4.78 is 31.9. The highest BCUT2D eigenvalue weighted by molar-refractivity contribution is 8.00. The molecular weight excluding hydrogens is 346 g/mol. The smallest absolute Gasteiger partial charge is 0.277 e. The molecule has 0 aliphatic rings. The normalized spacial score (nSPS) is 12.2. The minimum absolute atomic E-state index is 0.0949. The average Bonchev–Trinajstić information content (AvgIpc) is 3.05. The van der Waals surface area contributed by atoms with Gasteiger partial charge in [-0.25, -0.2) is 8.78 Å². The molecule has 0 aliphatic carbocycles. The van der Waals surface area contributed by atoms with Crippen LogP contribution in [0.2, 0.25) is 0 Å². The van der Waals surface area contributed by atoms with Crippen molar-refractivity contribution in [2.45, 2.75) is 24.3 Å². The highest BCUT2D eigenvalue weighted by Gasteiger charge is 2.21. The average molecular weight is 360 g/mol. The number of thioether (sulfide) groups is 1. The fraction of sp³-hybridized carbons (Fsp3) is 0.167. The minimum atomic E-state index is -1.05. The summed E-state index contributed by atoms with van der Waals surface area (Å²) in [4.78, 5) is 12.3. The zero-order valence-electron chi connectivity index (χ0n) is 13.5. The molecule has 128 valence electrons. The molecule has 25 heavy (non-hydrogen) atoms. The Morgan fingerprint density at radius 2 is 1.88 bits per heavy atom. The van der Waals surface area contributed by atoms with Gasteiger partial charge in [-0.2, -0.15) is 0 Å². The monoisotopic (exact) mass is 360 g/mol. The maximum Gasteiger partial charge on any atom is 0.277 e. The second-order valence-corrected chi connectivity index (χ2v) is 6.73. The third-order valence-electron chi connectivity index (χ3n) is 3.63. The summed E-state index contributed by atoms with van der Waals surface area (Å²) in [6.07, 6.45) is 0. The Bertz CT molecular complexity index is 927. The molecule has 0 saturated carbocycles. The Morgan fingerprint density at radius 1 is 1.12 bits per heavy atom. The lowest BCUT2D eigenvalue weighted by atomic mass is 10.1. The van der Waals surface area contributed by atoms with Crippen LogP contribution >= 0.6 is 11.8 Å². The maximum absolute atomic E-state index is 13.3. The van der Waals surface area contributed by atoms with Crippen molar-refractivity contribution in [3.8, 4) is 11.5 Å². The number of carbonyl (C=O) groups is 1. The van der Waals surface area contributed by atoms with Crippen LogP contribution in [0.5, 0.6) is 0 Å². The van der Waals surface area contributed by atoms with E-state index in [-0.39, 0.29) is 16.6 Å². The number of hydrogen-bond donors (Lipinski definition) is 0. The van der Waals surface area contributed by atoms with Crippen LogP contribution in [0, 0.1) is 18.6 Å². The number of halogens is 2. The van der Waals surface area contributed by atoms with Crippen molar-refractivity contribution in [1.82, 2.24) is 10.2 Å². The Hall–Kier alpha value is -2.54. The van der Waals surface area contributed by atoms with Crippen LogP contribution in [0.3, 0.4) is 0 Å². The quantitative estimate of drug-likeness (QED) is 0.488. The van der Waals surface area contributed by atoms with Crippen LogP contribution in [0.4, 0.5) is 8.78 Å². The molecule has 0 spiro atoms. The molecule has 0 amide bonds. The lowest BCUT2D eigenvalue weighted by Gasteiger charge is -2.07. The van der Waals surface area contributed by atoms with E-state index < -0.39 is 16.9 Å². The number of nitrogens with zero attached hydrogens (tertiary/aromatic N) is 2. The fourth-order valence-electron chi connectivity index (χ4n) is 2.27. The van der Waals surface area contributed by atoms with Gasteiger partial charge in [0.15, 0.2) is 17.4 Å². The first-order valence-electron chi connectivity index (χ1n) is 7.51. The molecule has 0 bridgehead atoms. The first kappa shape index (κ1) is 17.3. The van der Waals surface area contributed by atoms with Gasteiger partial charge in [0.05, 0.1) is 5.25 Å². The lowest BCUT2D eigenvalue weighted by molar-refractivity contribution is 0.0993. The van der Waals surface area contributed by atoms with Crippen molar-refractivity contribution in [1.29, 1.82) is 0 Å². The van der Waals surface area contributed by atoms with Crippen molar-refractivity contribution < 1.29 is 18.0 Å². The fourth-order valence-corrected chi connectivity index (χ4v) is 3.03. The van der Waals surface area contributed by atoms with Gasteiger partial charge >= 0.3 is 0 Å². The van der Waals surface area contributed by atoms with Crippen molar-refractivity contribution in [3.05, 3.63) is 65.2 Å². The largest absolute Gasteiger partial charge is 0.411 e. The first-order valence-corrected chi connectivity index (χ1v) is 8.39. The third kappa shape index (κ3) is 3.76. The summed E-state index contributed by atoms with van der Waals surface area (Å²) in [5.74, 6) is -2.02. The molecule has 3 rings (SSSR count). The minimum Gasteiger partial charge on any atom is -0.411 e. The Morgan fingerprint density at radius 3 is 2.60 bits per heavy atom. The number of aromatic nitrogens is 2. The van der Waals surface area contributed by atoms with Gasteiger partial charge in [-0.1, -0.05) is 30.0 Å². The van der Waals surface area contributed by atoms with Crippen LogP contribution in [0.25, 0.3) is 11.5 Å². The number of aryl methyl sites for hydroxylation is 1. The molecule has 4 nitrogen and oxygen atoms in total. The molecule has 1 aromatic heterocycles. The zero-order valence-corrected chi connectivity index (χ0v) is 14.3. The highest BCUT2D eigenvalue weighted by Crippen LogP contribution is 2.29. The molecular formula is C18H14F2N2O2S. The van der Waals surface area contributed by atoms with Gasteiger partial charge in [0.1, 0.15) is 0 Å². The van der Waals surface area contributed by atoms with E-state index >= 15 is 0 Å². The van der Waals surface area contributed by atoms with Gasteiger partial charge in [0.25, 0.3) is 5.22 Å². The summed E-state index contributed by atoms with van der Waals surface area (Å²) in [6.45, 7) is 3.58. The van der Waals surface area contributed by atoms with Crippen LogP contribution in [-0.4, -0.2) is 21.2 Å². The number of Topliss-reactive ketones (excluding diaryl/α,β-unsaturated/α-hetero) is 1. The third-order valence-corrected chi connectivity index (χ3v) is 4.57. The number of carbonyl (C=O) groups excluding carboxylic acids is 1. The number of benzene rings is 2. The maximum atomic E-state index is 13.3. The van der Waals surface area contributed by atoms with Gasteiger partial charge < -0.3 is 4.42 Å². The second kappa shape index (κ2) is 7.14. The topological polar surface area (TPSA) is 56.0 Å². The van der Waals surface area contributed by atoms with E-state index in [1.165, 1.54) is 6.07 Å². The lowest BCUT2D eigenvalue weighted by Crippen LogP contribution is -2.14. The van der Waals surface area contributed by atoms with Crippen molar-refractivity contribution in [2.24, 2.45) is 0 Å². The van der Waals surface area contributed by atoms with Crippen molar-refractivity contribution in [2.75, 3.05) is 0 Å². The van der Waals surface area contributed by atoms with E-state index in [1.807, 2.05) is 31.2 Å². The molecule has 0 radical (unpaired) electrons. The highest BCUT2D eigenvalue weighted by atomic mass is 32.2. The molecule has 1 atom stereocenters. The second-order valence-electron chi connectivity index (χ2n) is 5.44. The number of rotatable bonds is 5. The zero-order chi connectivity index (χ0) is 18.0. The van der Waals surface area contributed by atoms with E-state index in [2.05, 4.69) is 10.2 Å². The summed E-state index contributed by atoms with van der Waals surface area (Å²) in [5, 5.41) is 7.59. The Kier molecular flexibility index (Phi) is 4.94. The van der Waals surface area contributed by atoms with E-state index in [9.17, 15) is 13.6 Å². The number of ketones is 1. The predicted octanol–water partition coefficient (Wildman–Crippen LogP) is 4.69. The standard InChI is InChI=1S/C18H14F2N2O2S/c1-10-5-3-4-6-13(10)17-21-22-18(24-17)25-11(2)16(23)12-7-8-14(19)15(20)9-12/h3-9,11H,1-2H3/t11-/m0/s1. The van der Waals surface area contributed by atoms with E-state index in [0.29, 0.717) is 5.89 Å². The van der Waals surface area contributed by atoms with Gasteiger partial charge in [-0.05, 0) is 43.7 Å². The summed E-state index contributed by atoms with van der Waals surface area (Å²) in [7, 11) is 0. The van der Waals surface area contributed by atoms with Gasteiger partial charge in [0.2, 0.25) is 5.89 Å². The molecule has 0 N–H and O–H groups in total. The molecule has 0 unspecified atom stereocenters. The summed E-state index contributed by atoms with van der Waals surface area (Å²) in [6, 6.07) is 10.7. The van der Waals surface area contributed by atoms with Crippen LogP contribution < -0.4 is 0 Å². The van der Waals surface area contributed by atoms with E-state index in [4.69, 9.17) is 4.42 Å². The predicted molar refractivity (Wildman–Crippen MR) is 90.5 cm³/mol. The van der Waals surface area contributed by atoms with Crippen molar-refractivity contribution >= 4 is 17.5 Å². The first-order chi connectivity index (χ1) is 12.0. The molecule has 3 aromatic rings. The van der Waals surface area contributed by atoms with E-state index in [1.54, 1.807) is 6.92 Å². The van der Waals surface area contributed by atoms with Crippen molar-refractivity contribution in [3.63, 3.8) is 0 Å². The van der Waals surface area contributed by atoms with Gasteiger partial charge in [-0.15, -0.1) is 10.2 Å². The molecule has 0 saturated heterocycles. The molecule has 0 aliphatic heterocycles. The summed E-state index contributed by atoms with van der Waals surface area (Å²) in [5.41, 5.74) is 1.91. The van der Waals surface area contributed by atoms with Crippen LogP contribution in [0.1, 0.15) is 22.8 Å². The molecule has 7 heteroatoms.